The van der Waals surface area contributed by atoms with Crippen LogP contribution >= 0.6 is 22.9 Å². The second-order valence-corrected chi connectivity index (χ2v) is 6.61. The van der Waals surface area contributed by atoms with Crippen LogP contribution in [0.15, 0.2) is 29.4 Å². The normalized spacial score (nSPS) is 16.4. The molecule has 0 unspecified atom stereocenters. The van der Waals surface area contributed by atoms with Crippen LogP contribution < -0.4 is 10.1 Å². The number of oxime groups is 1. The quantitative estimate of drug-likeness (QED) is 0.849. The van der Waals surface area contributed by atoms with Gasteiger partial charge in [0.2, 0.25) is 11.2 Å². The van der Waals surface area contributed by atoms with E-state index in [0.717, 1.165) is 10.7 Å². The van der Waals surface area contributed by atoms with Crippen molar-refractivity contribution in [2.24, 2.45) is 5.16 Å². The third-order valence-corrected chi connectivity index (χ3v) is 4.43. The summed E-state index contributed by atoms with van der Waals surface area (Å²) in [6.07, 6.45) is 0.463. The number of halogens is 1. The van der Waals surface area contributed by atoms with Gasteiger partial charge in [-0.1, -0.05) is 40.2 Å². The molecule has 7 nitrogen and oxygen atoms in total. The monoisotopic (exact) mass is 366 g/mol. The second-order valence-electron chi connectivity index (χ2n) is 5.14. The Labute approximate surface area is 147 Å². The molecular weight excluding hydrogens is 352 g/mol. The summed E-state index contributed by atoms with van der Waals surface area (Å²) >= 11 is 7.32. The average Bonchev–Trinajstić information content (AvgIpc) is 3.18. The van der Waals surface area contributed by atoms with E-state index in [-0.39, 0.29) is 5.91 Å². The van der Waals surface area contributed by atoms with Gasteiger partial charge in [-0.15, -0.1) is 10.2 Å². The van der Waals surface area contributed by atoms with Crippen molar-refractivity contribution in [2.75, 3.05) is 11.9 Å². The maximum atomic E-state index is 12.0. The second kappa shape index (κ2) is 7.59. The number of aromatic nitrogens is 2. The highest BCUT2D eigenvalue weighted by Gasteiger charge is 2.26. The number of amides is 1. The molecule has 0 spiro atoms. The molecule has 9 heteroatoms. The van der Waals surface area contributed by atoms with Gasteiger partial charge in [-0.3, -0.25) is 10.1 Å². The topological polar surface area (TPSA) is 85.7 Å². The highest BCUT2D eigenvalue weighted by atomic mass is 35.5. The van der Waals surface area contributed by atoms with Crippen LogP contribution in [0.5, 0.6) is 5.75 Å². The van der Waals surface area contributed by atoms with Gasteiger partial charge >= 0.3 is 0 Å². The zero-order valence-electron chi connectivity index (χ0n) is 12.9. The Bertz CT molecular complexity index is 765. The van der Waals surface area contributed by atoms with Crippen molar-refractivity contribution >= 4 is 39.7 Å². The van der Waals surface area contributed by atoms with Crippen LogP contribution in [0.1, 0.15) is 18.4 Å². The third-order valence-electron chi connectivity index (χ3n) is 3.22. The zero-order valence-corrected chi connectivity index (χ0v) is 14.4. The maximum absolute atomic E-state index is 12.0. The summed E-state index contributed by atoms with van der Waals surface area (Å²) in [5.74, 6) is 0.358. The molecule has 0 saturated heterocycles. The minimum atomic E-state index is -0.596. The number of rotatable bonds is 6. The predicted octanol–water partition coefficient (Wildman–Crippen LogP) is 2.92. The summed E-state index contributed by atoms with van der Waals surface area (Å²) in [5, 5.41) is 16.2. The molecule has 1 N–H and O–H groups in total. The van der Waals surface area contributed by atoms with Crippen LogP contribution in [-0.4, -0.2) is 34.5 Å². The first kappa shape index (κ1) is 16.7. The molecule has 2 aromatic rings. The van der Waals surface area contributed by atoms with E-state index in [1.165, 1.54) is 11.3 Å². The molecule has 126 valence electrons. The van der Waals surface area contributed by atoms with E-state index in [2.05, 4.69) is 20.7 Å². The molecule has 0 saturated carbocycles. The van der Waals surface area contributed by atoms with Crippen LogP contribution in [-0.2, 0) is 16.1 Å². The summed E-state index contributed by atoms with van der Waals surface area (Å²) in [6.45, 7) is 2.24. The summed E-state index contributed by atoms with van der Waals surface area (Å²) in [6, 6.07) is 7.28. The molecular formula is C15H15ClN4O3S. The van der Waals surface area contributed by atoms with Crippen molar-refractivity contribution in [3.05, 3.63) is 34.3 Å². The lowest BCUT2D eigenvalue weighted by Gasteiger charge is -2.06. The van der Waals surface area contributed by atoms with Crippen LogP contribution in [0.2, 0.25) is 5.02 Å². The van der Waals surface area contributed by atoms with Crippen molar-refractivity contribution in [2.45, 2.75) is 25.9 Å². The van der Waals surface area contributed by atoms with E-state index >= 15 is 0 Å². The minimum absolute atomic E-state index is 0.273. The van der Waals surface area contributed by atoms with Gasteiger partial charge in [-0.05, 0) is 19.1 Å². The number of hydrogen-bond acceptors (Lipinski definition) is 7. The number of hydrogen-bond donors (Lipinski definition) is 1. The van der Waals surface area contributed by atoms with Gasteiger partial charge in [0.1, 0.15) is 10.8 Å². The summed E-state index contributed by atoms with van der Waals surface area (Å²) in [7, 11) is 0. The van der Waals surface area contributed by atoms with E-state index in [1.807, 2.05) is 19.1 Å². The molecule has 3 rings (SSSR count). The Morgan fingerprint density at radius 3 is 3.04 bits per heavy atom. The summed E-state index contributed by atoms with van der Waals surface area (Å²) in [4.78, 5) is 17.0. The Morgan fingerprint density at radius 1 is 1.46 bits per heavy atom. The smallest absolute Gasteiger partial charge is 0.270 e. The molecule has 1 amide bonds. The van der Waals surface area contributed by atoms with E-state index in [9.17, 15) is 4.79 Å². The largest absolute Gasteiger partial charge is 0.492 e. The fourth-order valence-electron chi connectivity index (χ4n) is 2.04. The number of benzene rings is 1. The Balaban J connectivity index is 1.47. The number of para-hydroxylation sites is 1. The summed E-state index contributed by atoms with van der Waals surface area (Å²) < 4.78 is 5.61. The van der Waals surface area contributed by atoms with Gasteiger partial charge in [0.05, 0.1) is 17.3 Å². The first-order valence-corrected chi connectivity index (χ1v) is 8.51. The van der Waals surface area contributed by atoms with Gasteiger partial charge in [-0.25, -0.2) is 0 Å². The molecule has 0 fully saturated rings. The number of nitrogens with zero attached hydrogens (tertiary/aromatic N) is 3. The van der Waals surface area contributed by atoms with Crippen molar-refractivity contribution < 1.29 is 14.4 Å². The van der Waals surface area contributed by atoms with Gasteiger partial charge in [0, 0.05) is 12.8 Å². The standard InChI is InChI=1S/C15H15ClN4O3S/c1-9-8-12(23-20-9)14(21)17-15-19-18-13(24-15)6-7-22-11-5-3-2-4-10(11)16/h2-5,12H,6-8H2,1H3,(H,17,19,21)/t12-/m1/s1. The predicted molar refractivity (Wildman–Crippen MR) is 91.8 cm³/mol. The molecule has 0 radical (unpaired) electrons. The lowest BCUT2D eigenvalue weighted by molar-refractivity contribution is -0.125. The molecule has 2 heterocycles. The van der Waals surface area contributed by atoms with E-state index in [1.54, 1.807) is 12.1 Å². The van der Waals surface area contributed by atoms with Gasteiger partial charge in [0.25, 0.3) is 5.91 Å². The van der Waals surface area contributed by atoms with Crippen LogP contribution in [0.3, 0.4) is 0 Å². The molecule has 1 aliphatic heterocycles. The van der Waals surface area contributed by atoms with Crippen molar-refractivity contribution in [3.63, 3.8) is 0 Å². The molecule has 24 heavy (non-hydrogen) atoms. The fraction of sp³-hybridized carbons (Fsp3) is 0.333. The third kappa shape index (κ3) is 4.21. The Hall–Kier alpha value is -2.19. The van der Waals surface area contributed by atoms with Crippen molar-refractivity contribution in [1.29, 1.82) is 0 Å². The molecule has 0 aliphatic carbocycles. The number of nitrogens with one attached hydrogen (secondary N) is 1. The highest BCUT2D eigenvalue weighted by Crippen LogP contribution is 2.24. The van der Waals surface area contributed by atoms with E-state index in [0.29, 0.717) is 35.4 Å². The number of ether oxygens (including phenoxy) is 1. The number of anilines is 1. The lowest BCUT2D eigenvalue weighted by atomic mass is 10.2. The van der Waals surface area contributed by atoms with Gasteiger partial charge < -0.3 is 9.57 Å². The number of carbonyl (C=O) groups is 1. The Morgan fingerprint density at radius 2 is 2.29 bits per heavy atom. The van der Waals surface area contributed by atoms with E-state index < -0.39 is 6.10 Å². The average molecular weight is 367 g/mol. The van der Waals surface area contributed by atoms with Crippen molar-refractivity contribution in [1.82, 2.24) is 10.2 Å². The van der Waals surface area contributed by atoms with E-state index in [4.69, 9.17) is 21.2 Å². The van der Waals surface area contributed by atoms with Crippen LogP contribution in [0, 0.1) is 0 Å². The molecule has 1 atom stereocenters. The van der Waals surface area contributed by atoms with Crippen molar-refractivity contribution in [3.8, 4) is 5.75 Å². The first-order chi connectivity index (χ1) is 11.6. The SMILES string of the molecule is CC1=NO[C@@H](C(=O)Nc2nnc(CCOc3ccccc3Cl)s2)C1. The molecule has 1 aliphatic rings. The molecule has 1 aromatic carbocycles. The van der Waals surface area contributed by atoms with Crippen LogP contribution in [0.4, 0.5) is 5.13 Å². The minimum Gasteiger partial charge on any atom is -0.492 e. The molecule has 1 aromatic heterocycles. The number of carbonyl (C=O) groups excluding carboxylic acids is 1. The zero-order chi connectivity index (χ0) is 16.9. The first-order valence-electron chi connectivity index (χ1n) is 7.31. The maximum Gasteiger partial charge on any atom is 0.270 e. The Kier molecular flexibility index (Phi) is 5.27. The van der Waals surface area contributed by atoms with Gasteiger partial charge in [0.15, 0.2) is 0 Å². The lowest BCUT2D eigenvalue weighted by Crippen LogP contribution is -2.27. The fourth-order valence-corrected chi connectivity index (χ4v) is 2.95. The van der Waals surface area contributed by atoms with Gasteiger partial charge in [-0.2, -0.15) is 0 Å². The highest BCUT2D eigenvalue weighted by molar-refractivity contribution is 7.15. The van der Waals surface area contributed by atoms with Crippen LogP contribution in [0.25, 0.3) is 0 Å². The molecule has 0 bridgehead atoms. The summed E-state index contributed by atoms with van der Waals surface area (Å²) in [5.41, 5.74) is 0.796.